The minimum Gasteiger partial charge on any atom is -0.208 e. The van der Waals surface area contributed by atoms with Gasteiger partial charge in [0.2, 0.25) is 0 Å². The van der Waals surface area contributed by atoms with Gasteiger partial charge in [-0.05, 0) is 0 Å². The second kappa shape index (κ2) is 3.20. The molecule has 0 N–H and O–H groups in total. The largest absolute Gasteiger partial charge is 1.00 e. The van der Waals surface area contributed by atoms with Crippen LogP contribution in [0.1, 0.15) is 16.7 Å². The molecule has 44 valence electrons. The van der Waals surface area contributed by atoms with Gasteiger partial charge in [0.25, 0.3) is 0 Å². The van der Waals surface area contributed by atoms with Gasteiger partial charge in [-0.3, -0.25) is 0 Å². The number of hydrogen-bond acceptors (Lipinski definition) is 0. The molecule has 0 saturated heterocycles. The summed E-state index contributed by atoms with van der Waals surface area (Å²) in [5.74, 6) is 0. The maximum Gasteiger partial charge on any atom is 1.00 e. The summed E-state index contributed by atoms with van der Waals surface area (Å²) in [5, 5.41) is 0. The van der Waals surface area contributed by atoms with Crippen LogP contribution in [-0.2, 0) is 0 Å². The van der Waals surface area contributed by atoms with Gasteiger partial charge in [0.15, 0.2) is 0 Å². The SMILES string of the molecule is Cc1cc(C)[c-](C)c1.[Li+]. The molecule has 0 fully saturated rings. The summed E-state index contributed by atoms with van der Waals surface area (Å²) < 4.78 is 0. The fourth-order valence-electron chi connectivity index (χ4n) is 0.952. The Balaban J connectivity index is 0.000000640. The van der Waals surface area contributed by atoms with Gasteiger partial charge in [-0.2, -0.15) is 17.2 Å². The van der Waals surface area contributed by atoms with Gasteiger partial charge in [-0.25, -0.2) is 11.6 Å². The molecule has 0 aliphatic carbocycles. The molecule has 0 heterocycles. The average molecular weight is 114 g/mol. The second-order valence-electron chi connectivity index (χ2n) is 2.40. The fraction of sp³-hybridized carbons (Fsp3) is 0.375. The first-order valence-electron chi connectivity index (χ1n) is 2.90. The molecule has 0 spiro atoms. The zero-order valence-electron chi connectivity index (χ0n) is 6.65. The predicted molar refractivity (Wildman–Crippen MR) is 36.2 cm³/mol. The molecule has 0 amide bonds. The maximum atomic E-state index is 2.20. The molecule has 0 nitrogen and oxygen atoms in total. The van der Waals surface area contributed by atoms with Crippen LogP contribution in [0.4, 0.5) is 0 Å². The molecule has 0 atom stereocenters. The first kappa shape index (κ1) is 8.95. The molecule has 0 radical (unpaired) electrons. The van der Waals surface area contributed by atoms with E-state index in [1.165, 1.54) is 16.7 Å². The van der Waals surface area contributed by atoms with Crippen LogP contribution in [0, 0.1) is 20.8 Å². The van der Waals surface area contributed by atoms with Crippen LogP contribution in [0.3, 0.4) is 0 Å². The summed E-state index contributed by atoms with van der Waals surface area (Å²) >= 11 is 0. The molecular weight excluding hydrogens is 103 g/mol. The van der Waals surface area contributed by atoms with Crippen molar-refractivity contribution < 1.29 is 18.9 Å². The van der Waals surface area contributed by atoms with E-state index >= 15 is 0 Å². The molecular formula is C8H11Li. The summed E-state index contributed by atoms with van der Waals surface area (Å²) in [5.41, 5.74) is 4.19. The van der Waals surface area contributed by atoms with Crippen LogP contribution in [0.15, 0.2) is 12.1 Å². The molecule has 0 bridgehead atoms. The van der Waals surface area contributed by atoms with Crippen LogP contribution < -0.4 is 18.9 Å². The first-order chi connectivity index (χ1) is 3.70. The van der Waals surface area contributed by atoms with Crippen molar-refractivity contribution in [3.63, 3.8) is 0 Å². The second-order valence-corrected chi connectivity index (χ2v) is 2.40. The summed E-state index contributed by atoms with van der Waals surface area (Å²) in [6.45, 7) is 6.41. The van der Waals surface area contributed by atoms with Crippen LogP contribution in [0.25, 0.3) is 0 Å². The van der Waals surface area contributed by atoms with E-state index in [1.807, 2.05) is 0 Å². The van der Waals surface area contributed by atoms with Crippen molar-refractivity contribution in [1.82, 2.24) is 0 Å². The quantitative estimate of drug-likeness (QED) is 0.310. The van der Waals surface area contributed by atoms with Crippen molar-refractivity contribution in [3.8, 4) is 0 Å². The van der Waals surface area contributed by atoms with E-state index in [0.717, 1.165) is 0 Å². The Hall–Kier alpha value is -0.0526. The van der Waals surface area contributed by atoms with Crippen molar-refractivity contribution >= 4 is 0 Å². The molecule has 1 aromatic carbocycles. The Bertz CT molecular complexity index is 167. The third-order valence-electron chi connectivity index (χ3n) is 1.51. The van der Waals surface area contributed by atoms with Gasteiger partial charge in [0.1, 0.15) is 0 Å². The molecule has 9 heavy (non-hydrogen) atoms. The van der Waals surface area contributed by atoms with Crippen molar-refractivity contribution in [1.29, 1.82) is 0 Å². The topological polar surface area (TPSA) is 0 Å². The monoisotopic (exact) mass is 114 g/mol. The summed E-state index contributed by atoms with van der Waals surface area (Å²) in [4.78, 5) is 0. The van der Waals surface area contributed by atoms with Gasteiger partial charge >= 0.3 is 18.9 Å². The van der Waals surface area contributed by atoms with E-state index in [-0.39, 0.29) is 18.9 Å². The average Bonchev–Trinajstić information content (AvgIpc) is 1.85. The van der Waals surface area contributed by atoms with Crippen molar-refractivity contribution in [2.45, 2.75) is 20.8 Å². The summed E-state index contributed by atoms with van der Waals surface area (Å²) in [7, 11) is 0. The third-order valence-corrected chi connectivity index (χ3v) is 1.51. The summed E-state index contributed by atoms with van der Waals surface area (Å²) in [6, 6.07) is 4.41. The van der Waals surface area contributed by atoms with Crippen LogP contribution in [0.2, 0.25) is 0 Å². The van der Waals surface area contributed by atoms with E-state index < -0.39 is 0 Å². The summed E-state index contributed by atoms with van der Waals surface area (Å²) in [6.07, 6.45) is 0. The van der Waals surface area contributed by atoms with E-state index in [2.05, 4.69) is 32.9 Å². The standard InChI is InChI=1S/C8H11.Li/c1-6-4-7(2)8(3)5-6;/h4-5H,1-3H3;/q-1;+1. The molecule has 0 aromatic heterocycles. The number of rotatable bonds is 0. The van der Waals surface area contributed by atoms with E-state index in [4.69, 9.17) is 0 Å². The molecule has 0 aliphatic heterocycles. The van der Waals surface area contributed by atoms with Gasteiger partial charge in [0, 0.05) is 0 Å². The molecule has 0 unspecified atom stereocenters. The zero-order chi connectivity index (χ0) is 6.15. The number of aryl methyl sites for hydroxylation is 3. The Morgan fingerprint density at radius 2 is 1.89 bits per heavy atom. The van der Waals surface area contributed by atoms with E-state index in [9.17, 15) is 0 Å². The molecule has 0 saturated carbocycles. The minimum atomic E-state index is 0. The van der Waals surface area contributed by atoms with Crippen molar-refractivity contribution in [3.05, 3.63) is 28.8 Å². The molecule has 1 heteroatoms. The Kier molecular flexibility index (Phi) is 3.18. The first-order valence-corrected chi connectivity index (χ1v) is 2.90. The predicted octanol–water partition coefficient (Wildman–Crippen LogP) is -0.665. The minimum absolute atomic E-state index is 0. The third kappa shape index (κ3) is 1.97. The van der Waals surface area contributed by atoms with E-state index in [0.29, 0.717) is 0 Å². The molecule has 1 rings (SSSR count). The molecule has 0 aliphatic rings. The fourth-order valence-corrected chi connectivity index (χ4v) is 0.952. The van der Waals surface area contributed by atoms with Crippen LogP contribution in [0.5, 0.6) is 0 Å². The molecule has 1 aromatic rings. The van der Waals surface area contributed by atoms with Crippen molar-refractivity contribution in [2.75, 3.05) is 0 Å². The van der Waals surface area contributed by atoms with Crippen molar-refractivity contribution in [2.24, 2.45) is 0 Å². The van der Waals surface area contributed by atoms with Crippen LogP contribution >= 0.6 is 0 Å². The van der Waals surface area contributed by atoms with Gasteiger partial charge in [0.05, 0.1) is 0 Å². The normalized spacial score (nSPS) is 8.78. The Morgan fingerprint density at radius 1 is 1.33 bits per heavy atom. The van der Waals surface area contributed by atoms with Gasteiger partial charge < -0.3 is 0 Å². The zero-order valence-corrected chi connectivity index (χ0v) is 6.65. The Labute approximate surface area is 68.8 Å². The number of hydrogen-bond donors (Lipinski definition) is 0. The maximum absolute atomic E-state index is 2.20. The van der Waals surface area contributed by atoms with Gasteiger partial charge in [-0.15, -0.1) is 0 Å². The van der Waals surface area contributed by atoms with E-state index in [1.54, 1.807) is 0 Å². The smallest absolute Gasteiger partial charge is 0.208 e. The Morgan fingerprint density at radius 3 is 2.00 bits per heavy atom. The van der Waals surface area contributed by atoms with Gasteiger partial charge in [-0.1, -0.05) is 20.8 Å². The van der Waals surface area contributed by atoms with Crippen LogP contribution in [-0.4, -0.2) is 0 Å².